The van der Waals surface area contributed by atoms with Crippen molar-refractivity contribution >= 4 is 27.0 Å². The van der Waals surface area contributed by atoms with Crippen molar-refractivity contribution in [1.82, 2.24) is 14.2 Å². The van der Waals surface area contributed by atoms with Gasteiger partial charge in [0.1, 0.15) is 43.5 Å². The van der Waals surface area contributed by atoms with Crippen molar-refractivity contribution < 1.29 is 32.7 Å². The molecule has 5 aromatic carbocycles. The average molecular weight is 900 g/mol. The summed E-state index contributed by atoms with van der Waals surface area (Å²) < 4.78 is 49.8. The number of benzene rings is 5. The topological polar surface area (TPSA) is 123 Å². The second-order valence-electron chi connectivity index (χ2n) is 16.7. The minimum Gasteiger partial charge on any atom is -0.497 e. The van der Waals surface area contributed by atoms with Crippen LogP contribution in [0.5, 0.6) is 11.5 Å². The smallest absolute Gasteiger partial charge is 0.330 e. The van der Waals surface area contributed by atoms with Gasteiger partial charge in [0.2, 0.25) is 0 Å². The highest BCUT2D eigenvalue weighted by Gasteiger charge is 2.55. The third-order valence-corrected chi connectivity index (χ3v) is 19.3. The van der Waals surface area contributed by atoms with E-state index in [9.17, 15) is 9.59 Å². The first-order valence-corrected chi connectivity index (χ1v) is 25.6. The van der Waals surface area contributed by atoms with Crippen LogP contribution in [-0.2, 0) is 28.9 Å². The number of methoxy groups -OCH3 is 3. The van der Waals surface area contributed by atoms with Crippen molar-refractivity contribution in [2.24, 2.45) is 0 Å². The Bertz CT molecular complexity index is 2500. The van der Waals surface area contributed by atoms with Gasteiger partial charge in [-0.2, -0.15) is 0 Å². The first kappa shape index (κ1) is 44.0. The van der Waals surface area contributed by atoms with E-state index in [1.807, 2.05) is 78.9 Å². The SMILES string of the molecule is COc1ccc(C(OC[C@H]2O[C@@H](n3ccc(=O)[nH]c3=O)C(OC)[C@H]2O[P@@]2O[C@@H](C[Si](C)(c3ccccc3)c3ccccc3)[C@H]3CCCN32)(c2ccccc2)c2ccc(OC)cc2)cc1. The highest BCUT2D eigenvalue weighted by Crippen LogP contribution is 2.59. The van der Waals surface area contributed by atoms with E-state index in [4.69, 9.17) is 32.7 Å². The monoisotopic (exact) mass is 899 g/mol. The standard InChI is InChI=1S/C50H54N3O9PSi/c1-56-38-26-22-36(23-27-38)50(35-15-8-5-9-16-35,37-24-28-39(57-2)29-25-37)59-33-43-46(47(58-3)48(60-43)52-32-30-45(54)51-49(52)55)62-63-53-31-14-21-42(53)44(61-63)34-64(4,40-17-10-6-11-18-40)41-19-12-7-13-20-41/h5-13,15-20,22-30,32,42-44,46-48H,14,21,31,33-34H2,1-4H3,(H,51,54,55)/t42-,43-,44+,46+,47?,48-,63-/m1/s1. The van der Waals surface area contributed by atoms with Gasteiger partial charge in [0.15, 0.2) is 6.23 Å². The van der Waals surface area contributed by atoms with Crippen LogP contribution in [0.3, 0.4) is 0 Å². The lowest BCUT2D eigenvalue weighted by atomic mass is 9.80. The van der Waals surface area contributed by atoms with E-state index in [0.717, 1.165) is 42.1 Å². The van der Waals surface area contributed by atoms with Crippen LogP contribution in [0.1, 0.15) is 35.8 Å². The number of rotatable bonds is 16. The average Bonchev–Trinajstić information content (AvgIpc) is 4.05. The number of nitrogens with zero attached hydrogens (tertiary/aromatic N) is 2. The molecular weight excluding hydrogens is 846 g/mol. The first-order chi connectivity index (χ1) is 31.2. The minimum atomic E-state index is -2.29. The molecule has 1 aromatic heterocycles. The van der Waals surface area contributed by atoms with Crippen LogP contribution >= 0.6 is 8.53 Å². The number of nitrogens with one attached hydrogen (secondary N) is 1. The first-order valence-electron chi connectivity index (χ1n) is 21.8. The van der Waals surface area contributed by atoms with Crippen molar-refractivity contribution in [1.29, 1.82) is 0 Å². The molecule has 64 heavy (non-hydrogen) atoms. The number of hydrogen-bond acceptors (Lipinski definition) is 10. The molecule has 0 bridgehead atoms. The lowest BCUT2D eigenvalue weighted by Crippen LogP contribution is -2.58. The van der Waals surface area contributed by atoms with Gasteiger partial charge in [-0.25, -0.2) is 9.46 Å². The summed E-state index contributed by atoms with van der Waals surface area (Å²) in [4.78, 5) is 28.1. The molecule has 3 fully saturated rings. The number of aromatic nitrogens is 2. The Labute approximate surface area is 375 Å². The number of hydrogen-bond donors (Lipinski definition) is 1. The maximum absolute atomic E-state index is 13.4. The number of fused-ring (bicyclic) bond motifs is 1. The normalized spacial score (nSPS) is 23.5. The molecule has 3 saturated heterocycles. The van der Waals surface area contributed by atoms with Crippen molar-refractivity contribution in [2.45, 2.75) is 67.7 Å². The summed E-state index contributed by atoms with van der Waals surface area (Å²) in [5, 5.41) is 2.72. The highest BCUT2D eigenvalue weighted by molar-refractivity contribution is 7.45. The van der Waals surface area contributed by atoms with Gasteiger partial charge in [-0.05, 0) is 59.8 Å². The van der Waals surface area contributed by atoms with Crippen molar-refractivity contribution in [3.05, 3.63) is 189 Å². The molecule has 7 atom stereocenters. The summed E-state index contributed by atoms with van der Waals surface area (Å²) in [5.74, 6) is 1.41. The molecule has 4 heterocycles. The van der Waals surface area contributed by atoms with Crippen LogP contribution in [0.2, 0.25) is 12.6 Å². The Morgan fingerprint density at radius 1 is 0.719 bits per heavy atom. The van der Waals surface area contributed by atoms with Gasteiger partial charge in [-0.3, -0.25) is 14.3 Å². The lowest BCUT2D eigenvalue weighted by molar-refractivity contribution is -0.0955. The predicted octanol–water partition coefficient (Wildman–Crippen LogP) is 6.84. The van der Waals surface area contributed by atoms with Gasteiger partial charge < -0.3 is 32.7 Å². The summed E-state index contributed by atoms with van der Waals surface area (Å²) in [6.45, 7) is 3.29. The third-order valence-electron chi connectivity index (χ3n) is 13.1. The third kappa shape index (κ3) is 8.43. The maximum atomic E-state index is 13.4. The molecule has 0 saturated carbocycles. The second kappa shape index (κ2) is 19.1. The minimum absolute atomic E-state index is 0.00904. The number of H-pyrrole nitrogens is 1. The van der Waals surface area contributed by atoms with E-state index < -0.39 is 58.0 Å². The van der Waals surface area contributed by atoms with Gasteiger partial charge in [-0.1, -0.05) is 132 Å². The molecule has 0 aliphatic carbocycles. The van der Waals surface area contributed by atoms with Crippen LogP contribution in [-0.4, -0.2) is 87.2 Å². The fraction of sp³-hybridized carbons (Fsp3) is 0.320. The Balaban J connectivity index is 1.09. The zero-order valence-electron chi connectivity index (χ0n) is 36.4. The van der Waals surface area contributed by atoms with Crippen LogP contribution < -0.4 is 31.1 Å². The van der Waals surface area contributed by atoms with E-state index in [2.05, 4.69) is 76.9 Å². The van der Waals surface area contributed by atoms with Gasteiger partial charge in [0.05, 0.1) is 26.9 Å². The van der Waals surface area contributed by atoms with Crippen molar-refractivity contribution in [2.75, 3.05) is 34.5 Å². The highest BCUT2D eigenvalue weighted by atomic mass is 31.2. The zero-order valence-corrected chi connectivity index (χ0v) is 38.3. The molecule has 6 aromatic rings. The summed E-state index contributed by atoms with van der Waals surface area (Å²) in [5.41, 5.74) is 0.298. The fourth-order valence-electron chi connectivity index (χ4n) is 9.74. The predicted molar refractivity (Wildman–Crippen MR) is 249 cm³/mol. The van der Waals surface area contributed by atoms with Gasteiger partial charge >= 0.3 is 5.69 Å². The molecule has 3 aliphatic rings. The molecule has 1 N–H and O–H groups in total. The quantitative estimate of drug-likeness (QED) is 0.0628. The Kier molecular flexibility index (Phi) is 13.1. The van der Waals surface area contributed by atoms with Crippen LogP contribution in [0.4, 0.5) is 0 Å². The molecule has 1 unspecified atom stereocenters. The number of aromatic amines is 1. The van der Waals surface area contributed by atoms with Gasteiger partial charge in [0.25, 0.3) is 14.1 Å². The summed E-state index contributed by atoms with van der Waals surface area (Å²) in [6.07, 6.45) is 0.115. The van der Waals surface area contributed by atoms with Gasteiger partial charge in [0, 0.05) is 32.0 Å². The van der Waals surface area contributed by atoms with Crippen LogP contribution in [0, 0.1) is 0 Å². The van der Waals surface area contributed by atoms with E-state index in [0.29, 0.717) is 11.5 Å². The van der Waals surface area contributed by atoms with Gasteiger partial charge in [-0.15, -0.1) is 0 Å². The Hall–Kier alpha value is -5.21. The van der Waals surface area contributed by atoms with E-state index >= 15 is 0 Å². The zero-order chi connectivity index (χ0) is 44.3. The largest absolute Gasteiger partial charge is 0.497 e. The lowest BCUT2D eigenvalue weighted by Gasteiger charge is -2.37. The summed E-state index contributed by atoms with van der Waals surface area (Å²) in [7, 11) is 0.975. The molecule has 12 nitrogen and oxygen atoms in total. The fourth-order valence-corrected chi connectivity index (χ4v) is 15.7. The number of ether oxygens (including phenoxy) is 5. The second-order valence-corrected chi connectivity index (χ2v) is 22.3. The maximum Gasteiger partial charge on any atom is 0.330 e. The Morgan fingerprint density at radius 2 is 1.28 bits per heavy atom. The van der Waals surface area contributed by atoms with E-state index in [-0.39, 0.29) is 18.8 Å². The van der Waals surface area contributed by atoms with Crippen LogP contribution in [0.15, 0.2) is 161 Å². The molecule has 0 spiro atoms. The molecule has 332 valence electrons. The van der Waals surface area contributed by atoms with Crippen molar-refractivity contribution in [3.8, 4) is 11.5 Å². The summed E-state index contributed by atoms with van der Waals surface area (Å²) in [6, 6.07) is 49.8. The van der Waals surface area contributed by atoms with E-state index in [1.165, 1.54) is 27.2 Å². The molecule has 0 radical (unpaired) electrons. The van der Waals surface area contributed by atoms with Crippen LogP contribution in [0.25, 0.3) is 0 Å². The van der Waals surface area contributed by atoms with E-state index in [1.54, 1.807) is 21.3 Å². The summed E-state index contributed by atoms with van der Waals surface area (Å²) >= 11 is 0. The van der Waals surface area contributed by atoms with Crippen molar-refractivity contribution in [3.63, 3.8) is 0 Å². The molecular formula is C50H54N3O9PSi. The molecule has 9 rings (SSSR count). The molecule has 14 heteroatoms. The Morgan fingerprint density at radius 3 is 1.83 bits per heavy atom. The molecule has 3 aliphatic heterocycles. The molecule has 0 amide bonds.